The van der Waals surface area contributed by atoms with Crippen LogP contribution in [0.25, 0.3) is 11.4 Å². The van der Waals surface area contributed by atoms with Crippen molar-refractivity contribution < 1.29 is 13.6 Å². The largest absolute Gasteiger partial charge is 0.300 e. The molecule has 0 saturated heterocycles. The minimum Gasteiger partial charge on any atom is -0.300 e. The highest BCUT2D eigenvalue weighted by Gasteiger charge is 2.14. The van der Waals surface area contributed by atoms with E-state index >= 15 is 0 Å². The number of halogens is 2. The van der Waals surface area contributed by atoms with Gasteiger partial charge in [0.25, 0.3) is 0 Å². The Morgan fingerprint density at radius 3 is 2.65 bits per heavy atom. The molecule has 0 bridgehead atoms. The Morgan fingerprint density at radius 2 is 1.96 bits per heavy atom. The van der Waals surface area contributed by atoms with Gasteiger partial charge in [0.1, 0.15) is 17.4 Å². The topological polar surface area (TPSA) is 47.8 Å². The lowest BCUT2D eigenvalue weighted by atomic mass is 10.0. The Balaban J connectivity index is 1.89. The number of allylic oxidation sites excluding steroid dienone is 1. The number of nitrogens with zero attached hydrogens (tertiary/aromatic N) is 3. The SMILES string of the molecule is C=C(CCCC(=O)CCC)CCc1nc(-c2ccc(F)cc2F)n(C)n1. The van der Waals surface area contributed by atoms with Gasteiger partial charge < -0.3 is 0 Å². The molecular formula is C20H25F2N3O. The predicted molar refractivity (Wildman–Crippen MR) is 97.6 cm³/mol. The number of carbonyl (C=O) groups is 1. The fraction of sp³-hybridized carbons (Fsp3) is 0.450. The van der Waals surface area contributed by atoms with Crippen LogP contribution in [0.1, 0.15) is 51.3 Å². The molecule has 0 fully saturated rings. The van der Waals surface area contributed by atoms with Gasteiger partial charge >= 0.3 is 0 Å². The van der Waals surface area contributed by atoms with Gasteiger partial charge in [-0.25, -0.2) is 18.4 Å². The van der Waals surface area contributed by atoms with Gasteiger partial charge in [0.15, 0.2) is 11.6 Å². The highest BCUT2D eigenvalue weighted by atomic mass is 19.1. The third-order valence-electron chi connectivity index (χ3n) is 4.20. The minimum atomic E-state index is -0.659. The third-order valence-corrected chi connectivity index (χ3v) is 4.20. The summed E-state index contributed by atoms with van der Waals surface area (Å²) in [5, 5.41) is 4.31. The van der Waals surface area contributed by atoms with Crippen LogP contribution < -0.4 is 0 Å². The zero-order chi connectivity index (χ0) is 19.1. The fourth-order valence-electron chi connectivity index (χ4n) is 2.80. The van der Waals surface area contributed by atoms with Gasteiger partial charge in [-0.2, -0.15) is 5.10 Å². The van der Waals surface area contributed by atoms with Crippen LogP contribution in [0.5, 0.6) is 0 Å². The normalized spacial score (nSPS) is 10.9. The lowest BCUT2D eigenvalue weighted by molar-refractivity contribution is -0.119. The molecular weight excluding hydrogens is 336 g/mol. The van der Waals surface area contributed by atoms with Gasteiger partial charge in [0, 0.05) is 32.4 Å². The van der Waals surface area contributed by atoms with E-state index < -0.39 is 11.6 Å². The van der Waals surface area contributed by atoms with Crippen molar-refractivity contribution in [1.29, 1.82) is 0 Å². The number of ketones is 1. The molecule has 0 aliphatic carbocycles. The van der Waals surface area contributed by atoms with E-state index in [1.54, 1.807) is 7.05 Å². The van der Waals surface area contributed by atoms with Crippen molar-refractivity contribution >= 4 is 5.78 Å². The Kier molecular flexibility index (Phi) is 7.18. The molecule has 1 aromatic carbocycles. The molecule has 0 aliphatic heterocycles. The molecule has 0 spiro atoms. The molecule has 140 valence electrons. The molecule has 1 aromatic heterocycles. The number of hydrogen-bond donors (Lipinski definition) is 0. The van der Waals surface area contributed by atoms with Gasteiger partial charge in [-0.3, -0.25) is 4.79 Å². The first kappa shape index (κ1) is 19.9. The summed E-state index contributed by atoms with van der Waals surface area (Å²) in [4.78, 5) is 15.9. The molecule has 1 heterocycles. The van der Waals surface area contributed by atoms with Gasteiger partial charge in [-0.05, 0) is 37.8 Å². The van der Waals surface area contributed by atoms with Crippen molar-refractivity contribution in [3.63, 3.8) is 0 Å². The number of rotatable bonds is 10. The molecule has 0 amide bonds. The molecule has 6 heteroatoms. The molecule has 2 aromatic rings. The van der Waals surface area contributed by atoms with Crippen LogP contribution in [-0.2, 0) is 18.3 Å². The summed E-state index contributed by atoms with van der Waals surface area (Å²) < 4.78 is 28.5. The van der Waals surface area contributed by atoms with E-state index in [1.807, 2.05) is 6.92 Å². The second kappa shape index (κ2) is 9.36. The average Bonchev–Trinajstić information content (AvgIpc) is 2.94. The van der Waals surface area contributed by atoms with E-state index in [-0.39, 0.29) is 5.56 Å². The first-order chi connectivity index (χ1) is 12.4. The maximum Gasteiger partial charge on any atom is 0.161 e. The summed E-state index contributed by atoms with van der Waals surface area (Å²) in [6.45, 7) is 6.05. The van der Waals surface area contributed by atoms with E-state index in [1.165, 1.54) is 16.8 Å². The van der Waals surface area contributed by atoms with Crippen molar-refractivity contribution in [2.75, 3.05) is 0 Å². The Morgan fingerprint density at radius 1 is 1.19 bits per heavy atom. The monoisotopic (exact) mass is 361 g/mol. The van der Waals surface area contributed by atoms with Crippen LogP contribution in [-0.4, -0.2) is 20.5 Å². The molecule has 0 atom stereocenters. The lowest BCUT2D eigenvalue weighted by Gasteiger charge is -2.03. The number of Topliss-reactive ketones (excluding diaryl/α,β-unsaturated/α-hetero) is 1. The molecule has 0 aliphatic rings. The van der Waals surface area contributed by atoms with Crippen LogP contribution in [0.4, 0.5) is 8.78 Å². The first-order valence-corrected chi connectivity index (χ1v) is 8.94. The summed E-state index contributed by atoms with van der Waals surface area (Å²) in [5.74, 6) is -0.0177. The summed E-state index contributed by atoms with van der Waals surface area (Å²) in [6, 6.07) is 3.41. The molecule has 0 N–H and O–H groups in total. The minimum absolute atomic E-state index is 0.223. The van der Waals surface area contributed by atoms with Gasteiger partial charge in [0.2, 0.25) is 0 Å². The van der Waals surface area contributed by atoms with E-state index in [4.69, 9.17) is 0 Å². The lowest BCUT2D eigenvalue weighted by Crippen LogP contribution is -1.98. The maximum absolute atomic E-state index is 13.9. The number of hydrogen-bond acceptors (Lipinski definition) is 3. The van der Waals surface area contributed by atoms with Crippen LogP contribution in [0.2, 0.25) is 0 Å². The average molecular weight is 361 g/mol. The van der Waals surface area contributed by atoms with Crippen LogP contribution in [0, 0.1) is 11.6 Å². The first-order valence-electron chi connectivity index (χ1n) is 8.94. The number of aryl methyl sites for hydroxylation is 2. The Hall–Kier alpha value is -2.37. The van der Waals surface area contributed by atoms with Crippen LogP contribution >= 0.6 is 0 Å². The number of benzene rings is 1. The predicted octanol–water partition coefficient (Wildman–Crippen LogP) is 4.79. The zero-order valence-corrected chi connectivity index (χ0v) is 15.4. The number of aromatic nitrogens is 3. The molecule has 26 heavy (non-hydrogen) atoms. The molecule has 0 radical (unpaired) electrons. The summed E-state index contributed by atoms with van der Waals surface area (Å²) in [7, 11) is 1.68. The van der Waals surface area contributed by atoms with Gasteiger partial charge in [-0.1, -0.05) is 19.1 Å². The van der Waals surface area contributed by atoms with Crippen molar-refractivity contribution in [1.82, 2.24) is 14.8 Å². The second-order valence-electron chi connectivity index (χ2n) is 6.49. The molecule has 0 saturated carbocycles. The van der Waals surface area contributed by atoms with E-state index in [0.717, 1.165) is 37.3 Å². The maximum atomic E-state index is 13.9. The van der Waals surface area contributed by atoms with E-state index in [9.17, 15) is 13.6 Å². The zero-order valence-electron chi connectivity index (χ0n) is 15.4. The summed E-state index contributed by atoms with van der Waals surface area (Å²) in [5.41, 5.74) is 1.28. The van der Waals surface area contributed by atoms with E-state index in [2.05, 4.69) is 16.7 Å². The van der Waals surface area contributed by atoms with E-state index in [0.29, 0.717) is 36.7 Å². The number of carbonyl (C=O) groups excluding carboxylic acids is 1. The molecule has 0 unspecified atom stereocenters. The highest BCUT2D eigenvalue weighted by molar-refractivity contribution is 5.78. The molecule has 4 nitrogen and oxygen atoms in total. The van der Waals surface area contributed by atoms with Crippen LogP contribution in [0.3, 0.4) is 0 Å². The van der Waals surface area contributed by atoms with Gasteiger partial charge in [0.05, 0.1) is 5.56 Å². The third kappa shape index (κ3) is 5.58. The second-order valence-corrected chi connectivity index (χ2v) is 6.49. The van der Waals surface area contributed by atoms with Gasteiger partial charge in [-0.15, -0.1) is 0 Å². The van der Waals surface area contributed by atoms with Crippen molar-refractivity contribution in [3.8, 4) is 11.4 Å². The highest BCUT2D eigenvalue weighted by Crippen LogP contribution is 2.22. The Labute approximate surface area is 152 Å². The van der Waals surface area contributed by atoms with Crippen LogP contribution in [0.15, 0.2) is 30.4 Å². The summed E-state index contributed by atoms with van der Waals surface area (Å²) in [6.07, 6.45) is 5.08. The standard InChI is InChI=1S/C20H25F2N3O/c1-4-6-16(26)8-5-7-14(2)9-12-19-23-20(25(3)24-19)17-11-10-15(21)13-18(17)22/h10-11,13H,2,4-9,12H2,1,3H3. The summed E-state index contributed by atoms with van der Waals surface area (Å²) >= 11 is 0. The van der Waals surface area contributed by atoms with Crippen molar-refractivity contribution in [2.45, 2.75) is 51.9 Å². The smallest absolute Gasteiger partial charge is 0.161 e. The van der Waals surface area contributed by atoms with Crippen molar-refractivity contribution in [2.24, 2.45) is 7.05 Å². The fourth-order valence-corrected chi connectivity index (χ4v) is 2.80. The quantitative estimate of drug-likeness (QED) is 0.572. The van der Waals surface area contributed by atoms with Crippen molar-refractivity contribution in [3.05, 3.63) is 47.8 Å². The molecule has 2 rings (SSSR count). The Bertz CT molecular complexity index is 783.